The summed E-state index contributed by atoms with van der Waals surface area (Å²) in [6.45, 7) is 3.42. The minimum absolute atomic E-state index is 0.00969. The van der Waals surface area contributed by atoms with Gasteiger partial charge in [-0.15, -0.1) is 0 Å². The van der Waals surface area contributed by atoms with Gasteiger partial charge in [0.25, 0.3) is 0 Å². The van der Waals surface area contributed by atoms with Gasteiger partial charge in [-0.2, -0.15) is 0 Å². The number of aromatic nitrogens is 2. The van der Waals surface area contributed by atoms with Crippen molar-refractivity contribution in [1.82, 2.24) is 14.9 Å². The molecule has 31 heavy (non-hydrogen) atoms. The monoisotopic (exact) mass is 432 g/mol. The maximum absolute atomic E-state index is 15.7. The van der Waals surface area contributed by atoms with Crippen molar-refractivity contribution in [2.75, 3.05) is 37.7 Å². The van der Waals surface area contributed by atoms with Gasteiger partial charge in [-0.3, -0.25) is 9.36 Å². The van der Waals surface area contributed by atoms with Crippen molar-refractivity contribution in [2.45, 2.75) is 6.92 Å². The van der Waals surface area contributed by atoms with Gasteiger partial charge in [-0.05, 0) is 25.1 Å². The van der Waals surface area contributed by atoms with Crippen LogP contribution in [0.3, 0.4) is 0 Å². The number of nitrogens with one attached hydrogen (secondary N) is 1. The molecule has 1 aliphatic heterocycles. The molecule has 2 aromatic heterocycles. The Balaban J connectivity index is 2.05. The van der Waals surface area contributed by atoms with Crippen LogP contribution in [0.4, 0.5) is 18.9 Å². The van der Waals surface area contributed by atoms with E-state index in [1.54, 1.807) is 11.8 Å². The highest BCUT2D eigenvalue weighted by molar-refractivity contribution is 5.95. The summed E-state index contributed by atoms with van der Waals surface area (Å²) >= 11 is 0. The summed E-state index contributed by atoms with van der Waals surface area (Å²) in [7, 11) is 0. The van der Waals surface area contributed by atoms with E-state index in [2.05, 4.69) is 10.3 Å². The van der Waals surface area contributed by atoms with Crippen LogP contribution in [0.25, 0.3) is 16.7 Å². The van der Waals surface area contributed by atoms with Crippen LogP contribution in [0.2, 0.25) is 0 Å². The lowest BCUT2D eigenvalue weighted by molar-refractivity contribution is 0.0524. The van der Waals surface area contributed by atoms with E-state index < -0.39 is 34.4 Å². The number of hydrogen-bond donors (Lipinski definition) is 1. The average Bonchev–Trinajstić information content (AvgIpc) is 2.76. The van der Waals surface area contributed by atoms with Gasteiger partial charge in [0.05, 0.1) is 23.7 Å². The van der Waals surface area contributed by atoms with E-state index in [0.29, 0.717) is 26.2 Å². The molecule has 0 amide bonds. The molecule has 0 aliphatic carbocycles. The molecule has 0 saturated carbocycles. The number of benzene rings is 1. The minimum atomic E-state index is -0.962. The highest BCUT2D eigenvalue weighted by Crippen LogP contribution is 2.31. The zero-order chi connectivity index (χ0) is 22.1. The van der Waals surface area contributed by atoms with Gasteiger partial charge < -0.3 is 15.0 Å². The molecule has 1 fully saturated rings. The number of carbonyl (C=O) groups is 1. The fraction of sp³-hybridized carbons (Fsp3) is 0.286. The van der Waals surface area contributed by atoms with Crippen molar-refractivity contribution in [3.63, 3.8) is 0 Å². The van der Waals surface area contributed by atoms with Gasteiger partial charge >= 0.3 is 5.97 Å². The fourth-order valence-electron chi connectivity index (χ4n) is 3.63. The Morgan fingerprint density at radius 2 is 1.97 bits per heavy atom. The van der Waals surface area contributed by atoms with Crippen LogP contribution in [0.1, 0.15) is 17.3 Å². The second-order valence-electron chi connectivity index (χ2n) is 6.95. The molecule has 162 valence electrons. The number of nitrogens with zero attached hydrogens (tertiary/aromatic N) is 3. The summed E-state index contributed by atoms with van der Waals surface area (Å²) in [4.78, 5) is 30.7. The quantitative estimate of drug-likeness (QED) is 0.638. The second-order valence-corrected chi connectivity index (χ2v) is 6.95. The summed E-state index contributed by atoms with van der Waals surface area (Å²) in [6.07, 6.45) is 2.01. The predicted molar refractivity (Wildman–Crippen MR) is 108 cm³/mol. The van der Waals surface area contributed by atoms with Crippen molar-refractivity contribution >= 4 is 22.6 Å². The molecule has 1 N–H and O–H groups in total. The molecule has 3 heterocycles. The average molecular weight is 432 g/mol. The largest absolute Gasteiger partial charge is 0.462 e. The number of rotatable bonds is 4. The molecular formula is C21H19F3N4O3. The maximum Gasteiger partial charge on any atom is 0.343 e. The first-order valence-electron chi connectivity index (χ1n) is 9.74. The van der Waals surface area contributed by atoms with E-state index in [9.17, 15) is 18.4 Å². The molecule has 0 atom stereocenters. The smallest absolute Gasteiger partial charge is 0.343 e. The fourth-order valence-corrected chi connectivity index (χ4v) is 3.63. The molecule has 3 aromatic rings. The lowest BCUT2D eigenvalue weighted by Crippen LogP contribution is -2.44. The van der Waals surface area contributed by atoms with Crippen LogP contribution in [0, 0.1) is 17.5 Å². The molecule has 1 saturated heterocycles. The lowest BCUT2D eigenvalue weighted by atomic mass is 10.1. The number of ether oxygens (including phenoxy) is 1. The van der Waals surface area contributed by atoms with Gasteiger partial charge in [-0.1, -0.05) is 0 Å². The summed E-state index contributed by atoms with van der Waals surface area (Å²) in [5.74, 6) is -3.38. The summed E-state index contributed by atoms with van der Waals surface area (Å²) < 4.78 is 50.2. The number of pyridine rings is 2. The van der Waals surface area contributed by atoms with E-state index >= 15 is 4.39 Å². The van der Waals surface area contributed by atoms with E-state index in [1.165, 1.54) is 6.07 Å². The second kappa shape index (κ2) is 8.38. The molecule has 7 nitrogen and oxygen atoms in total. The Labute approximate surface area is 175 Å². The first-order valence-corrected chi connectivity index (χ1v) is 9.74. The van der Waals surface area contributed by atoms with E-state index in [4.69, 9.17) is 4.74 Å². The Morgan fingerprint density at radius 3 is 2.61 bits per heavy atom. The lowest BCUT2D eigenvalue weighted by Gasteiger charge is -2.30. The minimum Gasteiger partial charge on any atom is -0.462 e. The van der Waals surface area contributed by atoms with Gasteiger partial charge in [0.2, 0.25) is 5.43 Å². The van der Waals surface area contributed by atoms with E-state index in [0.717, 1.165) is 29.1 Å². The highest BCUT2D eigenvalue weighted by Gasteiger charge is 2.26. The van der Waals surface area contributed by atoms with Gasteiger partial charge in [0.1, 0.15) is 28.7 Å². The first-order chi connectivity index (χ1) is 14.9. The van der Waals surface area contributed by atoms with E-state index in [-0.39, 0.29) is 29.0 Å². The van der Waals surface area contributed by atoms with Gasteiger partial charge in [-0.25, -0.2) is 22.9 Å². The predicted octanol–water partition coefficient (Wildman–Crippen LogP) is 2.39. The molecule has 1 aromatic carbocycles. The molecule has 0 radical (unpaired) electrons. The normalized spacial score (nSPS) is 14.1. The molecule has 4 rings (SSSR count). The molecule has 0 bridgehead atoms. The SMILES string of the molecule is CCOC(=O)c1cn(-c2ccc(F)cn2)c2c(F)c(N3CCNCC3)c(F)cc2c1=O. The topological polar surface area (TPSA) is 76.5 Å². The third-order valence-corrected chi connectivity index (χ3v) is 5.04. The van der Waals surface area contributed by atoms with Crippen LogP contribution < -0.4 is 15.6 Å². The number of anilines is 1. The number of hydrogen-bond acceptors (Lipinski definition) is 6. The highest BCUT2D eigenvalue weighted by atomic mass is 19.1. The Kier molecular flexibility index (Phi) is 5.64. The van der Waals surface area contributed by atoms with E-state index in [1.807, 2.05) is 0 Å². The summed E-state index contributed by atoms with van der Waals surface area (Å²) in [6, 6.07) is 3.29. The molecule has 1 aliphatic rings. The van der Waals surface area contributed by atoms with Gasteiger partial charge in [0.15, 0.2) is 5.82 Å². The van der Waals surface area contributed by atoms with Crippen molar-refractivity contribution in [3.05, 3.63) is 63.8 Å². The number of carbonyl (C=O) groups excluding carboxylic acids is 1. The Bertz CT molecular complexity index is 1210. The van der Waals surface area contributed by atoms with Gasteiger partial charge in [0, 0.05) is 32.4 Å². The number of fused-ring (bicyclic) bond motifs is 1. The van der Waals surface area contributed by atoms with Crippen molar-refractivity contribution < 1.29 is 22.7 Å². The molecular weight excluding hydrogens is 413 g/mol. The van der Waals surface area contributed by atoms with Crippen LogP contribution in [-0.4, -0.2) is 48.3 Å². The standard InChI is InChI=1S/C21H19F3N4O3/c1-2-31-21(30)14-11-28(16-4-3-12(22)10-26-16)18-13(20(14)29)9-15(23)19(17(18)24)27-7-5-25-6-8-27/h3-4,9-11,25H,2,5-8H2,1H3. The van der Waals surface area contributed by atoms with Crippen LogP contribution in [0.15, 0.2) is 35.4 Å². The number of piperazine rings is 1. The third-order valence-electron chi connectivity index (χ3n) is 5.04. The molecule has 10 heteroatoms. The Hall–Kier alpha value is -3.40. The van der Waals surface area contributed by atoms with Crippen molar-refractivity contribution in [2.24, 2.45) is 0 Å². The first kappa shape index (κ1) is 20.9. The maximum atomic E-state index is 15.7. The zero-order valence-electron chi connectivity index (χ0n) is 16.6. The summed E-state index contributed by atoms with van der Waals surface area (Å²) in [5, 5.41) is 2.76. The van der Waals surface area contributed by atoms with Crippen LogP contribution in [0.5, 0.6) is 0 Å². The van der Waals surface area contributed by atoms with Crippen LogP contribution in [-0.2, 0) is 4.74 Å². The molecule has 0 spiro atoms. The summed E-state index contributed by atoms with van der Waals surface area (Å²) in [5.41, 5.74) is -1.80. The number of halogens is 3. The molecule has 0 unspecified atom stereocenters. The van der Waals surface area contributed by atoms with Crippen molar-refractivity contribution in [1.29, 1.82) is 0 Å². The third kappa shape index (κ3) is 3.74. The number of esters is 1. The Morgan fingerprint density at radius 1 is 1.23 bits per heavy atom. The zero-order valence-corrected chi connectivity index (χ0v) is 16.6. The van der Waals surface area contributed by atoms with Crippen molar-refractivity contribution in [3.8, 4) is 5.82 Å². The van der Waals surface area contributed by atoms with Crippen LogP contribution >= 0.6 is 0 Å².